The van der Waals surface area contributed by atoms with E-state index in [1.54, 1.807) is 42.5 Å². The molecule has 0 aliphatic carbocycles. The van der Waals surface area contributed by atoms with Crippen molar-refractivity contribution in [2.45, 2.75) is 25.5 Å². The van der Waals surface area contributed by atoms with E-state index >= 15 is 0 Å². The number of carbonyl (C=O) groups is 2. The van der Waals surface area contributed by atoms with Crippen molar-refractivity contribution >= 4 is 34.3 Å². The number of benzene rings is 3. The smallest absolute Gasteiger partial charge is 0.415 e. The maximum atomic E-state index is 13.0. The van der Waals surface area contributed by atoms with Gasteiger partial charge in [-0.15, -0.1) is 0 Å². The fraction of sp³-hybridized carbons (Fsp3) is 0.179. The number of nitrogens with zero attached hydrogens (tertiary/aromatic N) is 2. The summed E-state index contributed by atoms with van der Waals surface area (Å²) in [5.41, 5.74) is 2.60. The summed E-state index contributed by atoms with van der Waals surface area (Å²) in [5.74, 6) is 0.441. The van der Waals surface area contributed by atoms with Gasteiger partial charge in [-0.3, -0.25) is 14.7 Å². The summed E-state index contributed by atoms with van der Waals surface area (Å²) in [4.78, 5) is 31.9. The quantitative estimate of drug-likeness (QED) is 0.391. The van der Waals surface area contributed by atoms with Gasteiger partial charge in [0, 0.05) is 22.8 Å². The summed E-state index contributed by atoms with van der Waals surface area (Å²) in [5, 5.41) is 3.88. The molecule has 0 radical (unpaired) electrons. The van der Waals surface area contributed by atoms with Gasteiger partial charge in [-0.25, -0.2) is 4.79 Å². The number of cyclic esters (lactones) is 1. The molecule has 1 aliphatic rings. The summed E-state index contributed by atoms with van der Waals surface area (Å²) in [6.07, 6.45) is 1.25. The lowest BCUT2D eigenvalue weighted by Gasteiger charge is -2.29. The number of rotatable bonds is 5. The zero-order chi connectivity index (χ0) is 24.6. The van der Waals surface area contributed by atoms with Crippen LogP contribution in [0.25, 0.3) is 10.9 Å². The van der Waals surface area contributed by atoms with Crippen molar-refractivity contribution in [3.8, 4) is 5.75 Å². The number of anilines is 2. The lowest BCUT2D eigenvalue weighted by atomic mass is 9.91. The molecule has 2 heterocycles. The van der Waals surface area contributed by atoms with Gasteiger partial charge in [-0.05, 0) is 67.9 Å². The van der Waals surface area contributed by atoms with Gasteiger partial charge in [0.2, 0.25) is 0 Å². The second-order valence-corrected chi connectivity index (χ2v) is 8.90. The molecule has 1 saturated heterocycles. The molecule has 1 unspecified atom stereocenters. The van der Waals surface area contributed by atoms with Crippen LogP contribution in [0.3, 0.4) is 0 Å². The molecule has 1 fully saturated rings. The molecule has 0 spiro atoms. The minimum atomic E-state index is -0.763. The van der Waals surface area contributed by atoms with Gasteiger partial charge in [0.1, 0.15) is 17.4 Å². The average molecular weight is 468 g/mol. The van der Waals surface area contributed by atoms with E-state index in [4.69, 9.17) is 9.47 Å². The topological polar surface area (TPSA) is 80.8 Å². The average Bonchev–Trinajstić information content (AvgIpc) is 3.12. The van der Waals surface area contributed by atoms with E-state index in [0.29, 0.717) is 22.7 Å². The fourth-order valence-corrected chi connectivity index (χ4v) is 4.54. The summed E-state index contributed by atoms with van der Waals surface area (Å²) in [7, 11) is 1.61. The number of pyridine rings is 1. The number of carbonyl (C=O) groups excluding carboxylic acids is 2. The molecule has 1 aromatic heterocycles. The zero-order valence-corrected chi connectivity index (χ0v) is 19.7. The standard InChI is InChI=1S/C28H25N3O4/c1-28(2)25(20-8-4-10-22(17-20)34-3)31(27(33)35-28)21-14-12-19(13-15-21)26(32)30-23-11-5-7-18-9-6-16-29-24(18)23/h4-17,25H,1-3H3,(H,30,32). The molecule has 0 saturated carbocycles. The van der Waals surface area contributed by atoms with Crippen LogP contribution in [0.15, 0.2) is 85.1 Å². The van der Waals surface area contributed by atoms with E-state index in [1.165, 1.54) is 0 Å². The molecule has 0 bridgehead atoms. The third kappa shape index (κ3) is 4.17. The van der Waals surface area contributed by atoms with E-state index in [1.807, 2.05) is 68.4 Å². The number of aromatic nitrogens is 1. The first-order valence-electron chi connectivity index (χ1n) is 11.3. The third-order valence-corrected chi connectivity index (χ3v) is 6.16. The van der Waals surface area contributed by atoms with Crippen LogP contribution in [0.4, 0.5) is 16.2 Å². The summed E-state index contributed by atoms with van der Waals surface area (Å²) >= 11 is 0. The van der Waals surface area contributed by atoms with Crippen molar-refractivity contribution in [2.24, 2.45) is 0 Å². The van der Waals surface area contributed by atoms with Gasteiger partial charge in [0.15, 0.2) is 0 Å². The predicted molar refractivity (Wildman–Crippen MR) is 135 cm³/mol. The Hall–Kier alpha value is -4.39. The fourth-order valence-electron chi connectivity index (χ4n) is 4.54. The highest BCUT2D eigenvalue weighted by Crippen LogP contribution is 2.44. The normalized spacial score (nSPS) is 16.7. The number of para-hydroxylation sites is 1. The third-order valence-electron chi connectivity index (χ3n) is 6.16. The minimum absolute atomic E-state index is 0.261. The molecule has 1 N–H and O–H groups in total. The summed E-state index contributed by atoms with van der Waals surface area (Å²) in [6, 6.07) is 23.6. The largest absolute Gasteiger partial charge is 0.497 e. The molecule has 1 aliphatic heterocycles. The minimum Gasteiger partial charge on any atom is -0.497 e. The Balaban J connectivity index is 1.42. The monoisotopic (exact) mass is 467 g/mol. The molecule has 5 rings (SSSR count). The lowest BCUT2D eigenvalue weighted by molar-refractivity contribution is 0.0684. The molecule has 3 aromatic carbocycles. The predicted octanol–water partition coefficient (Wildman–Crippen LogP) is 5.97. The molecule has 7 nitrogen and oxygen atoms in total. The van der Waals surface area contributed by atoms with Crippen LogP contribution in [-0.2, 0) is 4.74 Å². The number of ether oxygens (including phenoxy) is 2. The van der Waals surface area contributed by atoms with Crippen LogP contribution in [0.1, 0.15) is 35.8 Å². The van der Waals surface area contributed by atoms with Gasteiger partial charge >= 0.3 is 6.09 Å². The van der Waals surface area contributed by atoms with E-state index in [9.17, 15) is 9.59 Å². The van der Waals surface area contributed by atoms with E-state index < -0.39 is 11.7 Å². The molecule has 35 heavy (non-hydrogen) atoms. The Morgan fingerprint density at radius 3 is 2.54 bits per heavy atom. The Bertz CT molecular complexity index is 1410. The van der Waals surface area contributed by atoms with Crippen LogP contribution < -0.4 is 15.0 Å². The van der Waals surface area contributed by atoms with Gasteiger partial charge in [-0.2, -0.15) is 0 Å². The number of nitrogens with one attached hydrogen (secondary N) is 1. The highest BCUT2D eigenvalue weighted by molar-refractivity contribution is 6.08. The zero-order valence-electron chi connectivity index (χ0n) is 19.7. The maximum absolute atomic E-state index is 13.0. The number of fused-ring (bicyclic) bond motifs is 1. The van der Waals surface area contributed by atoms with Gasteiger partial charge < -0.3 is 14.8 Å². The first-order valence-corrected chi connectivity index (χ1v) is 11.3. The Morgan fingerprint density at radius 2 is 1.77 bits per heavy atom. The van der Waals surface area contributed by atoms with Gasteiger partial charge in [0.05, 0.1) is 18.3 Å². The summed E-state index contributed by atoms with van der Waals surface area (Å²) < 4.78 is 11.1. The Labute approximate surface area is 203 Å². The summed E-state index contributed by atoms with van der Waals surface area (Å²) in [6.45, 7) is 3.77. The SMILES string of the molecule is COc1cccc(C2N(c3ccc(C(=O)Nc4cccc5cccnc45)cc3)C(=O)OC2(C)C)c1. The highest BCUT2D eigenvalue weighted by Gasteiger charge is 2.49. The first-order chi connectivity index (χ1) is 16.9. The van der Waals surface area contributed by atoms with E-state index in [-0.39, 0.29) is 11.9 Å². The number of hydrogen-bond acceptors (Lipinski definition) is 5. The van der Waals surface area contributed by atoms with Crippen molar-refractivity contribution < 1.29 is 19.1 Å². The van der Waals surface area contributed by atoms with Gasteiger partial charge in [-0.1, -0.05) is 30.3 Å². The molecular weight excluding hydrogens is 442 g/mol. The van der Waals surface area contributed by atoms with Crippen LogP contribution >= 0.6 is 0 Å². The van der Waals surface area contributed by atoms with Crippen molar-refractivity contribution in [2.75, 3.05) is 17.3 Å². The molecule has 2 amide bonds. The first kappa shape index (κ1) is 22.4. The molecule has 176 valence electrons. The van der Waals surface area contributed by atoms with Crippen LogP contribution in [0.5, 0.6) is 5.75 Å². The van der Waals surface area contributed by atoms with Crippen molar-refractivity contribution in [1.82, 2.24) is 4.98 Å². The van der Waals surface area contributed by atoms with Crippen LogP contribution in [-0.4, -0.2) is 29.7 Å². The van der Waals surface area contributed by atoms with E-state index in [0.717, 1.165) is 16.5 Å². The number of hydrogen-bond donors (Lipinski definition) is 1. The van der Waals surface area contributed by atoms with Gasteiger partial charge in [0.25, 0.3) is 5.91 Å². The molecule has 4 aromatic rings. The van der Waals surface area contributed by atoms with Crippen molar-refractivity contribution in [3.05, 3.63) is 96.2 Å². The van der Waals surface area contributed by atoms with Crippen LogP contribution in [0.2, 0.25) is 0 Å². The van der Waals surface area contributed by atoms with E-state index in [2.05, 4.69) is 10.3 Å². The number of amides is 2. The molecule has 1 atom stereocenters. The second-order valence-electron chi connectivity index (χ2n) is 8.90. The van der Waals surface area contributed by atoms with Crippen molar-refractivity contribution in [3.63, 3.8) is 0 Å². The Kier molecular flexibility index (Phi) is 5.61. The lowest BCUT2D eigenvalue weighted by Crippen LogP contribution is -2.33. The second kappa shape index (κ2) is 8.76. The van der Waals surface area contributed by atoms with Crippen molar-refractivity contribution in [1.29, 1.82) is 0 Å². The Morgan fingerprint density at radius 1 is 1.03 bits per heavy atom. The maximum Gasteiger partial charge on any atom is 0.415 e. The molecule has 7 heteroatoms. The highest BCUT2D eigenvalue weighted by atomic mass is 16.6. The number of methoxy groups -OCH3 is 1. The van der Waals surface area contributed by atoms with Crippen LogP contribution in [0, 0.1) is 0 Å². The molecular formula is C28H25N3O4.